The summed E-state index contributed by atoms with van der Waals surface area (Å²) in [7, 11) is -4.62. The number of benzene rings is 1. The molecule has 3 aromatic heterocycles. The van der Waals surface area contributed by atoms with Crippen LogP contribution in [0.15, 0.2) is 60.8 Å². The molecule has 0 bridgehead atoms. The van der Waals surface area contributed by atoms with Crippen molar-refractivity contribution in [3.05, 3.63) is 66.6 Å². The molecule has 3 N–H and O–H groups in total. The predicted octanol–water partition coefficient (Wildman–Crippen LogP) is 3.35. The van der Waals surface area contributed by atoms with Crippen LogP contribution in [0.4, 0.5) is 10.2 Å². The highest BCUT2D eigenvalue weighted by Gasteiger charge is 2.30. The number of anilines is 1. The van der Waals surface area contributed by atoms with Gasteiger partial charge in [-0.15, -0.1) is 0 Å². The molecule has 162 valence electrons. The molecule has 1 aliphatic carbocycles. The van der Waals surface area contributed by atoms with Crippen molar-refractivity contribution in [2.75, 3.05) is 5.32 Å². The molecule has 0 atom stereocenters. The molecule has 0 spiro atoms. The molecule has 0 aliphatic heterocycles. The van der Waals surface area contributed by atoms with Gasteiger partial charge in [0.25, 0.3) is 0 Å². The Bertz CT molecular complexity index is 1410. The lowest BCUT2D eigenvalue weighted by molar-refractivity contribution is -0.117. The maximum absolute atomic E-state index is 14.5. The van der Waals surface area contributed by atoms with E-state index in [-0.39, 0.29) is 17.5 Å². The van der Waals surface area contributed by atoms with Crippen LogP contribution in [-0.2, 0) is 9.36 Å². The Labute approximate surface area is 181 Å². The second-order valence-electron chi connectivity index (χ2n) is 7.65. The maximum atomic E-state index is 14.5. The second-order valence-corrected chi connectivity index (χ2v) is 9.20. The lowest BCUT2D eigenvalue weighted by Crippen LogP contribution is -2.13. The molecule has 1 aromatic carbocycles. The van der Waals surface area contributed by atoms with E-state index in [0.29, 0.717) is 22.6 Å². The van der Waals surface area contributed by atoms with Crippen molar-refractivity contribution in [2.24, 2.45) is 5.92 Å². The fourth-order valence-corrected chi connectivity index (χ4v) is 4.00. The number of imidazole rings is 1. The third kappa shape index (κ3) is 3.93. The number of nitrogens with zero attached hydrogens (tertiary/aromatic N) is 3. The predicted molar refractivity (Wildman–Crippen MR) is 117 cm³/mol. The number of carbonyl (C=O) groups excluding carboxylic acids is 1. The molecular weight excluding hydrogens is 434 g/mol. The van der Waals surface area contributed by atoms with Gasteiger partial charge in [-0.2, -0.15) is 0 Å². The Morgan fingerprint density at radius 3 is 2.56 bits per heavy atom. The number of pyridine rings is 2. The zero-order valence-corrected chi connectivity index (χ0v) is 17.5. The van der Waals surface area contributed by atoms with E-state index in [9.17, 15) is 23.5 Å². The number of hydrogen-bond acceptors (Lipinski definition) is 4. The highest BCUT2D eigenvalue weighted by atomic mass is 31.2. The molecule has 4 aromatic rings. The SMILES string of the molecule is O=C(Nc1cn2c(-c3cccc(-c4nc(P(=O)(O)O)ccc4F)c3)cccc2n1)C1CC1. The van der Waals surface area contributed by atoms with Crippen molar-refractivity contribution in [3.63, 3.8) is 0 Å². The van der Waals surface area contributed by atoms with Gasteiger partial charge in [0.1, 0.15) is 17.2 Å². The van der Waals surface area contributed by atoms with Crippen LogP contribution in [0.1, 0.15) is 12.8 Å². The topological polar surface area (TPSA) is 117 Å². The lowest BCUT2D eigenvalue weighted by atomic mass is 10.0. The fourth-order valence-electron chi connectivity index (χ4n) is 3.50. The molecular formula is C22H18FN4O4P. The van der Waals surface area contributed by atoms with Gasteiger partial charge in [0.15, 0.2) is 11.3 Å². The van der Waals surface area contributed by atoms with Crippen LogP contribution in [0.3, 0.4) is 0 Å². The molecule has 0 radical (unpaired) electrons. The summed E-state index contributed by atoms with van der Waals surface area (Å²) in [6.45, 7) is 0. The van der Waals surface area contributed by atoms with Gasteiger partial charge < -0.3 is 15.1 Å². The Morgan fingerprint density at radius 1 is 1.06 bits per heavy atom. The number of nitrogens with one attached hydrogen (secondary N) is 1. The van der Waals surface area contributed by atoms with Crippen LogP contribution >= 0.6 is 7.60 Å². The van der Waals surface area contributed by atoms with Gasteiger partial charge in [-0.05, 0) is 48.7 Å². The Hall–Kier alpha value is -3.39. The number of aromatic nitrogens is 3. The van der Waals surface area contributed by atoms with Gasteiger partial charge in [0.2, 0.25) is 5.91 Å². The smallest absolute Gasteiger partial charge is 0.320 e. The van der Waals surface area contributed by atoms with Gasteiger partial charge in [-0.1, -0.05) is 24.3 Å². The molecule has 5 rings (SSSR count). The molecule has 1 amide bonds. The van der Waals surface area contributed by atoms with Gasteiger partial charge in [-0.3, -0.25) is 13.8 Å². The van der Waals surface area contributed by atoms with E-state index < -0.39 is 18.8 Å². The van der Waals surface area contributed by atoms with Crippen molar-refractivity contribution in [1.82, 2.24) is 14.4 Å². The largest absolute Gasteiger partial charge is 0.374 e. The second kappa shape index (κ2) is 7.63. The van der Waals surface area contributed by atoms with E-state index in [1.54, 1.807) is 24.4 Å². The summed E-state index contributed by atoms with van der Waals surface area (Å²) < 4.78 is 27.8. The third-order valence-corrected chi connectivity index (χ3v) is 6.10. The number of amides is 1. The Balaban J connectivity index is 1.56. The zero-order chi connectivity index (χ0) is 22.5. The standard InChI is InChI=1S/C22H18FN4O4P/c23-16-9-10-20(32(29,30)31)26-21(16)15-4-1-3-14(11-15)17-5-2-6-19-24-18(12-27(17)19)25-22(28)13-7-8-13/h1-6,9-13H,7-8H2,(H,25,28)(H2,29,30,31). The van der Waals surface area contributed by atoms with Crippen molar-refractivity contribution in [1.29, 1.82) is 0 Å². The minimum absolute atomic E-state index is 0.0385. The van der Waals surface area contributed by atoms with Crippen LogP contribution < -0.4 is 10.8 Å². The summed E-state index contributed by atoms with van der Waals surface area (Å²) in [5, 5.41) is 2.83. The van der Waals surface area contributed by atoms with Gasteiger partial charge in [0.05, 0.1) is 11.9 Å². The molecule has 0 saturated heterocycles. The first-order valence-corrected chi connectivity index (χ1v) is 11.5. The summed E-state index contributed by atoms with van der Waals surface area (Å²) in [6.07, 6.45) is 3.51. The third-order valence-electron chi connectivity index (χ3n) is 5.25. The van der Waals surface area contributed by atoms with Crippen LogP contribution in [0.25, 0.3) is 28.2 Å². The number of rotatable bonds is 5. The van der Waals surface area contributed by atoms with Crippen LogP contribution in [0.2, 0.25) is 0 Å². The van der Waals surface area contributed by atoms with E-state index in [1.165, 1.54) is 0 Å². The molecule has 32 heavy (non-hydrogen) atoms. The molecule has 10 heteroatoms. The van der Waals surface area contributed by atoms with Crippen LogP contribution in [-0.4, -0.2) is 30.1 Å². The summed E-state index contributed by atoms with van der Waals surface area (Å²) >= 11 is 0. The summed E-state index contributed by atoms with van der Waals surface area (Å²) in [5.74, 6) is -0.219. The summed E-state index contributed by atoms with van der Waals surface area (Å²) in [6, 6.07) is 14.3. The molecule has 3 heterocycles. The van der Waals surface area contributed by atoms with E-state index in [2.05, 4.69) is 15.3 Å². The molecule has 1 saturated carbocycles. The fraction of sp³-hybridized carbons (Fsp3) is 0.136. The molecule has 0 unspecified atom stereocenters. The Morgan fingerprint density at radius 2 is 1.81 bits per heavy atom. The normalized spacial score (nSPS) is 14.0. The van der Waals surface area contributed by atoms with E-state index in [1.807, 2.05) is 28.7 Å². The lowest BCUT2D eigenvalue weighted by Gasteiger charge is -2.10. The van der Waals surface area contributed by atoms with Crippen molar-refractivity contribution in [3.8, 4) is 22.5 Å². The van der Waals surface area contributed by atoms with Gasteiger partial charge in [-0.25, -0.2) is 14.4 Å². The van der Waals surface area contributed by atoms with E-state index >= 15 is 0 Å². The highest BCUT2D eigenvalue weighted by molar-refractivity contribution is 7.60. The monoisotopic (exact) mass is 452 g/mol. The first-order chi connectivity index (χ1) is 15.3. The van der Waals surface area contributed by atoms with Crippen molar-refractivity contribution < 1.29 is 23.5 Å². The number of halogens is 1. The first-order valence-electron chi connectivity index (χ1n) is 9.92. The van der Waals surface area contributed by atoms with Crippen molar-refractivity contribution >= 4 is 30.4 Å². The summed E-state index contributed by atoms with van der Waals surface area (Å²) in [4.78, 5) is 39.2. The highest BCUT2D eigenvalue weighted by Crippen LogP contribution is 2.34. The van der Waals surface area contributed by atoms with Crippen molar-refractivity contribution in [2.45, 2.75) is 12.8 Å². The zero-order valence-electron chi connectivity index (χ0n) is 16.6. The number of carbonyl (C=O) groups is 1. The number of hydrogen-bond donors (Lipinski definition) is 3. The van der Waals surface area contributed by atoms with Crippen LogP contribution in [0.5, 0.6) is 0 Å². The first kappa shape index (κ1) is 20.5. The minimum atomic E-state index is -4.62. The average molecular weight is 452 g/mol. The average Bonchev–Trinajstić information content (AvgIpc) is 3.53. The quantitative estimate of drug-likeness (QED) is 0.400. The molecule has 1 fully saturated rings. The summed E-state index contributed by atoms with van der Waals surface area (Å²) in [5.41, 5.74) is 1.82. The number of fused-ring (bicyclic) bond motifs is 1. The van der Waals surface area contributed by atoms with Crippen LogP contribution in [0, 0.1) is 11.7 Å². The Kier molecular flexibility index (Phi) is 4.89. The molecule has 1 aliphatic rings. The van der Waals surface area contributed by atoms with Gasteiger partial charge >= 0.3 is 7.60 Å². The van der Waals surface area contributed by atoms with E-state index in [4.69, 9.17) is 0 Å². The van der Waals surface area contributed by atoms with E-state index in [0.717, 1.165) is 30.7 Å². The minimum Gasteiger partial charge on any atom is -0.320 e. The maximum Gasteiger partial charge on any atom is 0.374 e. The molecule has 8 nitrogen and oxygen atoms in total. The van der Waals surface area contributed by atoms with Gasteiger partial charge in [0, 0.05) is 11.5 Å².